The topological polar surface area (TPSA) is 109 Å². The van der Waals surface area contributed by atoms with Crippen molar-refractivity contribution in [1.29, 1.82) is 0 Å². The fraction of sp³-hybridized carbons (Fsp3) is 0.333. The highest BCUT2D eigenvalue weighted by Crippen LogP contribution is 2.41. The van der Waals surface area contributed by atoms with Gasteiger partial charge in [-0.25, -0.2) is 28.7 Å². The molecule has 42 heavy (non-hydrogen) atoms. The van der Waals surface area contributed by atoms with Crippen molar-refractivity contribution in [2.24, 2.45) is 0 Å². The Bertz CT molecular complexity index is 1820. The maximum absolute atomic E-state index is 15.5. The minimum atomic E-state index is -0.574. The summed E-state index contributed by atoms with van der Waals surface area (Å²) in [7, 11) is 0. The van der Waals surface area contributed by atoms with Gasteiger partial charge >= 0.3 is 5.69 Å². The van der Waals surface area contributed by atoms with E-state index in [1.165, 1.54) is 23.0 Å². The summed E-state index contributed by atoms with van der Waals surface area (Å²) in [4.78, 5) is 48.7. The normalized spacial score (nSPS) is 18.1. The second-order valence-electron chi connectivity index (χ2n) is 11.0. The van der Waals surface area contributed by atoms with Crippen LogP contribution in [0.1, 0.15) is 51.0 Å². The quantitative estimate of drug-likeness (QED) is 0.338. The third kappa shape index (κ3) is 4.39. The lowest BCUT2D eigenvalue weighted by atomic mass is 10.0. The second kappa shape index (κ2) is 10.5. The summed E-state index contributed by atoms with van der Waals surface area (Å²) < 4.78 is 16.9. The molecule has 12 heteroatoms. The molecular formula is C30H30ClFN8O2. The Balaban J connectivity index is 1.70. The van der Waals surface area contributed by atoms with E-state index < -0.39 is 17.5 Å². The third-order valence-corrected chi connectivity index (χ3v) is 8.16. The molecule has 2 aliphatic heterocycles. The summed E-state index contributed by atoms with van der Waals surface area (Å²) in [6, 6.07) is 5.80. The zero-order valence-electron chi connectivity index (χ0n) is 23.7. The predicted molar refractivity (Wildman–Crippen MR) is 161 cm³/mol. The minimum absolute atomic E-state index is 0.0643. The van der Waals surface area contributed by atoms with Crippen LogP contribution in [0.4, 0.5) is 15.9 Å². The molecule has 5 heterocycles. The lowest BCUT2D eigenvalue weighted by Gasteiger charge is -2.40. The molecule has 1 saturated heterocycles. The molecule has 2 bridgehead atoms. The fourth-order valence-corrected chi connectivity index (χ4v) is 6.11. The van der Waals surface area contributed by atoms with Crippen molar-refractivity contribution >= 4 is 40.0 Å². The van der Waals surface area contributed by atoms with Crippen LogP contribution < -0.4 is 15.9 Å². The molecule has 0 saturated carbocycles. The van der Waals surface area contributed by atoms with E-state index in [-0.39, 0.29) is 39.8 Å². The number of aromatic nitrogens is 5. The average molecular weight is 589 g/mol. The summed E-state index contributed by atoms with van der Waals surface area (Å²) in [6.45, 7) is 12.7. The molecule has 2 atom stereocenters. The Morgan fingerprint density at radius 3 is 2.71 bits per heavy atom. The molecule has 1 fully saturated rings. The van der Waals surface area contributed by atoms with Gasteiger partial charge in [0.1, 0.15) is 18.0 Å². The molecule has 0 spiro atoms. The van der Waals surface area contributed by atoms with Crippen LogP contribution in [0.15, 0.2) is 48.0 Å². The number of piperazine rings is 1. The van der Waals surface area contributed by atoms with Gasteiger partial charge in [0.2, 0.25) is 5.91 Å². The maximum atomic E-state index is 15.5. The van der Waals surface area contributed by atoms with Crippen LogP contribution in [0.3, 0.4) is 0 Å². The molecule has 1 N–H and O–H groups in total. The van der Waals surface area contributed by atoms with E-state index in [4.69, 9.17) is 16.6 Å². The third-order valence-electron chi connectivity index (χ3n) is 7.87. The van der Waals surface area contributed by atoms with Gasteiger partial charge in [0, 0.05) is 31.4 Å². The van der Waals surface area contributed by atoms with Gasteiger partial charge in [0.25, 0.3) is 0 Å². The molecule has 216 valence electrons. The first-order valence-electron chi connectivity index (χ1n) is 13.8. The van der Waals surface area contributed by atoms with E-state index in [9.17, 15) is 9.59 Å². The van der Waals surface area contributed by atoms with Crippen molar-refractivity contribution in [3.63, 3.8) is 0 Å². The van der Waals surface area contributed by atoms with Gasteiger partial charge < -0.3 is 15.1 Å². The van der Waals surface area contributed by atoms with Crippen molar-refractivity contribution in [1.82, 2.24) is 29.4 Å². The monoisotopic (exact) mass is 588 g/mol. The highest BCUT2D eigenvalue weighted by atomic mass is 35.5. The van der Waals surface area contributed by atoms with Crippen molar-refractivity contribution in [3.05, 3.63) is 76.0 Å². The summed E-state index contributed by atoms with van der Waals surface area (Å²) in [6.07, 6.45) is 2.77. The zero-order valence-corrected chi connectivity index (χ0v) is 24.5. The van der Waals surface area contributed by atoms with Crippen molar-refractivity contribution in [2.75, 3.05) is 29.9 Å². The number of fused-ring (bicyclic) bond motifs is 5. The van der Waals surface area contributed by atoms with E-state index in [1.54, 1.807) is 23.1 Å². The van der Waals surface area contributed by atoms with Gasteiger partial charge in [0.15, 0.2) is 5.65 Å². The highest BCUT2D eigenvalue weighted by Gasteiger charge is 2.32. The molecular weight excluding hydrogens is 559 g/mol. The Morgan fingerprint density at radius 1 is 1.21 bits per heavy atom. The van der Waals surface area contributed by atoms with E-state index in [1.807, 2.05) is 32.6 Å². The van der Waals surface area contributed by atoms with Crippen molar-refractivity contribution < 1.29 is 9.18 Å². The molecule has 6 rings (SSSR count). The predicted octanol–water partition coefficient (Wildman–Crippen LogP) is 4.86. The lowest BCUT2D eigenvalue weighted by molar-refractivity contribution is -0.126. The van der Waals surface area contributed by atoms with Crippen LogP contribution in [-0.4, -0.2) is 61.0 Å². The molecule has 0 radical (unpaired) electrons. The van der Waals surface area contributed by atoms with Gasteiger partial charge in [-0.15, -0.1) is 0 Å². The van der Waals surface area contributed by atoms with Crippen molar-refractivity contribution in [3.8, 4) is 16.9 Å². The van der Waals surface area contributed by atoms with Crippen LogP contribution in [-0.2, 0) is 4.79 Å². The summed E-state index contributed by atoms with van der Waals surface area (Å²) in [5.74, 6) is -0.329. The molecule has 3 aromatic heterocycles. The summed E-state index contributed by atoms with van der Waals surface area (Å²) in [5, 5.41) is 4.08. The number of hydrogen-bond donors (Lipinski definition) is 1. The maximum Gasteiger partial charge on any atom is 0.355 e. The van der Waals surface area contributed by atoms with Crippen LogP contribution in [0.25, 0.3) is 28.0 Å². The van der Waals surface area contributed by atoms with Crippen LogP contribution in [0, 0.1) is 5.82 Å². The van der Waals surface area contributed by atoms with Gasteiger partial charge in [-0.3, -0.25) is 4.79 Å². The number of benzene rings is 1. The average Bonchev–Trinajstić information content (AvgIpc) is 2.96. The lowest BCUT2D eigenvalue weighted by Crippen LogP contribution is -2.54. The fourth-order valence-electron chi connectivity index (χ4n) is 5.86. The van der Waals surface area contributed by atoms with Crippen molar-refractivity contribution in [2.45, 2.75) is 45.7 Å². The standard InChI is InChI=1S/C30H30ClFN8O2/c1-6-22(41)38-10-11-39(16(4)13-38)28-18-12-19(31)26-23-20(32)8-7-9-21(23)35-17(5)25-27(24(15(2)3)33-14-34-25)40(29(18)36-26)30(42)37-28/h6-9,12,14-17,35H,1,10-11,13H2,2-5H3/t16-,17?/m0/s1. The number of rotatable bonds is 3. The Morgan fingerprint density at radius 2 is 2.00 bits per heavy atom. The van der Waals surface area contributed by atoms with Crippen LogP contribution in [0.5, 0.6) is 0 Å². The highest BCUT2D eigenvalue weighted by molar-refractivity contribution is 6.34. The smallest absolute Gasteiger partial charge is 0.355 e. The molecule has 2 aliphatic rings. The molecule has 1 aromatic carbocycles. The Labute approximate surface area is 246 Å². The summed E-state index contributed by atoms with van der Waals surface area (Å²) >= 11 is 6.86. The van der Waals surface area contributed by atoms with E-state index in [0.717, 1.165) is 0 Å². The number of amides is 1. The summed E-state index contributed by atoms with van der Waals surface area (Å²) in [5.41, 5.74) is 2.26. The Hall–Kier alpha value is -4.38. The van der Waals surface area contributed by atoms with E-state index in [2.05, 4.69) is 26.8 Å². The molecule has 1 amide bonds. The molecule has 4 aromatic rings. The van der Waals surface area contributed by atoms with Gasteiger partial charge in [-0.05, 0) is 44.0 Å². The SMILES string of the molecule is C=CC(=O)N1CCN(c2nc(=O)n3c4nc(c(Cl)cc24)-c2c(F)cccc2NC(C)c2ncnc(C(C)C)c2-3)[C@@H](C)C1. The van der Waals surface area contributed by atoms with E-state index >= 15 is 4.39 Å². The van der Waals surface area contributed by atoms with Gasteiger partial charge in [0.05, 0.1) is 44.8 Å². The number of carbonyl (C=O) groups excluding carboxylic acids is 1. The number of nitrogens with zero attached hydrogens (tertiary/aromatic N) is 7. The zero-order chi connectivity index (χ0) is 29.9. The number of pyridine rings is 1. The first-order chi connectivity index (χ1) is 20.1. The number of hydrogen-bond acceptors (Lipinski definition) is 8. The minimum Gasteiger partial charge on any atom is -0.376 e. The first kappa shape index (κ1) is 27.8. The van der Waals surface area contributed by atoms with Gasteiger partial charge in [-0.2, -0.15) is 4.98 Å². The van der Waals surface area contributed by atoms with Crippen LogP contribution >= 0.6 is 11.6 Å². The Kier molecular flexibility index (Phi) is 6.92. The van der Waals surface area contributed by atoms with E-state index in [0.29, 0.717) is 53.6 Å². The molecule has 0 aliphatic carbocycles. The number of carbonyl (C=O) groups is 1. The number of nitrogens with one attached hydrogen (secondary N) is 1. The largest absolute Gasteiger partial charge is 0.376 e. The molecule has 10 nitrogen and oxygen atoms in total. The number of anilines is 2. The second-order valence-corrected chi connectivity index (χ2v) is 11.4. The molecule has 1 unspecified atom stereocenters. The van der Waals surface area contributed by atoms with Gasteiger partial charge in [-0.1, -0.05) is 38.1 Å². The first-order valence-corrected chi connectivity index (χ1v) is 14.2. The number of halogens is 2. The van der Waals surface area contributed by atoms with Crippen LogP contribution in [0.2, 0.25) is 5.02 Å².